The Kier molecular flexibility index (Phi) is 6.51. The molecule has 0 radical (unpaired) electrons. The van der Waals surface area contributed by atoms with Gasteiger partial charge in [0.2, 0.25) is 6.79 Å². The average Bonchev–Trinajstić information content (AvgIpc) is 3.28. The molecule has 152 valence electrons. The average molecular weight is 395 g/mol. The number of nitrogens with zero attached hydrogens (tertiary/aromatic N) is 3. The molecule has 1 aliphatic heterocycles. The summed E-state index contributed by atoms with van der Waals surface area (Å²) in [5.41, 5.74) is 1.63. The van der Waals surface area contributed by atoms with Crippen LogP contribution in [0.5, 0.6) is 17.2 Å². The SMILES string of the molecule is CN=C(NCCCn1cc(C)cn1)NCc1cc2c(cc1OC(F)F)OCO2. The number of nitrogens with one attached hydrogen (secondary N) is 2. The van der Waals surface area contributed by atoms with Crippen molar-refractivity contribution in [1.29, 1.82) is 0 Å². The van der Waals surface area contributed by atoms with Crippen LogP contribution in [-0.4, -0.2) is 42.7 Å². The van der Waals surface area contributed by atoms with Crippen molar-refractivity contribution in [2.45, 2.75) is 33.0 Å². The van der Waals surface area contributed by atoms with Crippen LogP contribution in [0, 0.1) is 6.92 Å². The van der Waals surface area contributed by atoms with Crippen LogP contribution in [-0.2, 0) is 13.1 Å². The number of hydrogen-bond acceptors (Lipinski definition) is 5. The van der Waals surface area contributed by atoms with Gasteiger partial charge in [0.25, 0.3) is 0 Å². The third-order valence-corrected chi connectivity index (χ3v) is 4.06. The first-order valence-corrected chi connectivity index (χ1v) is 8.86. The van der Waals surface area contributed by atoms with Gasteiger partial charge in [0.05, 0.1) is 6.20 Å². The molecule has 0 atom stereocenters. The molecule has 1 aromatic heterocycles. The number of hydrogen-bond donors (Lipinski definition) is 2. The van der Waals surface area contributed by atoms with Gasteiger partial charge in [0.1, 0.15) is 5.75 Å². The smallest absolute Gasteiger partial charge is 0.387 e. The van der Waals surface area contributed by atoms with Crippen LogP contribution in [0.25, 0.3) is 0 Å². The number of alkyl halides is 2. The highest BCUT2D eigenvalue weighted by molar-refractivity contribution is 5.79. The van der Waals surface area contributed by atoms with Gasteiger partial charge in [-0.1, -0.05) is 0 Å². The summed E-state index contributed by atoms with van der Waals surface area (Å²) in [5, 5.41) is 10.5. The van der Waals surface area contributed by atoms with Crippen molar-refractivity contribution in [2.24, 2.45) is 4.99 Å². The Hall–Kier alpha value is -3.04. The Morgan fingerprint density at radius 2 is 2.11 bits per heavy atom. The van der Waals surface area contributed by atoms with Crippen LogP contribution in [0.2, 0.25) is 0 Å². The van der Waals surface area contributed by atoms with E-state index >= 15 is 0 Å². The highest BCUT2D eigenvalue weighted by Gasteiger charge is 2.20. The summed E-state index contributed by atoms with van der Waals surface area (Å²) in [6.07, 6.45) is 4.65. The van der Waals surface area contributed by atoms with Gasteiger partial charge in [-0.15, -0.1) is 0 Å². The molecule has 0 aliphatic carbocycles. The molecular weight excluding hydrogens is 372 g/mol. The molecule has 0 saturated heterocycles. The Morgan fingerprint density at radius 1 is 1.32 bits per heavy atom. The van der Waals surface area contributed by atoms with Crippen LogP contribution in [0.1, 0.15) is 17.5 Å². The zero-order chi connectivity index (χ0) is 19.9. The van der Waals surface area contributed by atoms with Gasteiger partial charge in [0.15, 0.2) is 17.5 Å². The van der Waals surface area contributed by atoms with Crippen LogP contribution in [0.15, 0.2) is 29.5 Å². The molecule has 0 fully saturated rings. The minimum Gasteiger partial charge on any atom is -0.454 e. The first kappa shape index (κ1) is 19.7. The Morgan fingerprint density at radius 3 is 2.79 bits per heavy atom. The summed E-state index contributed by atoms with van der Waals surface area (Å²) in [5.74, 6) is 1.47. The predicted octanol–water partition coefficient (Wildman–Crippen LogP) is 2.28. The largest absolute Gasteiger partial charge is 0.454 e. The molecular formula is C18H23F2N5O3. The second-order valence-electron chi connectivity index (χ2n) is 6.18. The van der Waals surface area contributed by atoms with E-state index < -0.39 is 6.61 Å². The fourth-order valence-corrected chi connectivity index (χ4v) is 2.75. The maximum atomic E-state index is 12.7. The normalized spacial score (nSPS) is 13.1. The second-order valence-corrected chi connectivity index (χ2v) is 6.18. The number of aliphatic imine (C=N–C) groups is 1. The minimum absolute atomic E-state index is 0.0382. The number of ether oxygens (including phenoxy) is 3. The van der Waals surface area contributed by atoms with Gasteiger partial charge in [-0.2, -0.15) is 13.9 Å². The quantitative estimate of drug-likeness (QED) is 0.405. The van der Waals surface area contributed by atoms with Gasteiger partial charge in [-0.25, -0.2) is 0 Å². The zero-order valence-corrected chi connectivity index (χ0v) is 15.7. The molecule has 2 heterocycles. The van der Waals surface area contributed by atoms with Crippen molar-refractivity contribution in [3.63, 3.8) is 0 Å². The van der Waals surface area contributed by atoms with Gasteiger partial charge < -0.3 is 24.8 Å². The number of rotatable bonds is 8. The van der Waals surface area contributed by atoms with Gasteiger partial charge >= 0.3 is 6.61 Å². The topological polar surface area (TPSA) is 81.9 Å². The van der Waals surface area contributed by atoms with E-state index in [1.807, 2.05) is 24.0 Å². The van der Waals surface area contributed by atoms with E-state index in [0.717, 1.165) is 18.5 Å². The summed E-state index contributed by atoms with van der Waals surface area (Å²) >= 11 is 0. The zero-order valence-electron chi connectivity index (χ0n) is 15.7. The predicted molar refractivity (Wildman–Crippen MR) is 99.0 cm³/mol. The molecule has 1 aliphatic rings. The standard InChI is InChI=1S/C18H23F2N5O3/c1-12-8-24-25(10-12)5-3-4-22-18(21-2)23-9-13-6-15-16(27-11-26-15)7-14(13)28-17(19)20/h6-8,10,17H,3-5,9,11H2,1-2H3,(H2,21,22,23). The fraction of sp³-hybridized carbons (Fsp3) is 0.444. The van der Waals surface area contributed by atoms with Crippen LogP contribution in [0.4, 0.5) is 8.78 Å². The summed E-state index contributed by atoms with van der Waals surface area (Å²) in [4.78, 5) is 4.14. The second kappa shape index (κ2) is 9.25. The summed E-state index contributed by atoms with van der Waals surface area (Å²) in [6, 6.07) is 3.04. The van der Waals surface area contributed by atoms with E-state index in [1.54, 1.807) is 13.1 Å². The maximum Gasteiger partial charge on any atom is 0.387 e. The number of guanidine groups is 1. The Bertz CT molecular complexity index is 826. The van der Waals surface area contributed by atoms with Gasteiger partial charge in [-0.05, 0) is 25.0 Å². The van der Waals surface area contributed by atoms with Crippen LogP contribution in [0.3, 0.4) is 0 Å². The maximum absolute atomic E-state index is 12.7. The third-order valence-electron chi connectivity index (χ3n) is 4.06. The molecule has 0 spiro atoms. The van der Waals surface area contributed by atoms with Gasteiger partial charge in [0, 0.05) is 44.5 Å². The van der Waals surface area contributed by atoms with Crippen molar-refractivity contribution in [3.05, 3.63) is 35.7 Å². The highest BCUT2D eigenvalue weighted by Crippen LogP contribution is 2.38. The van der Waals surface area contributed by atoms with Crippen molar-refractivity contribution in [1.82, 2.24) is 20.4 Å². The minimum atomic E-state index is -2.93. The molecule has 8 nitrogen and oxygen atoms in total. The molecule has 3 rings (SSSR count). The van der Waals surface area contributed by atoms with E-state index in [1.165, 1.54) is 6.07 Å². The number of fused-ring (bicyclic) bond motifs is 1. The van der Waals surface area contributed by atoms with E-state index in [2.05, 4.69) is 25.5 Å². The van der Waals surface area contributed by atoms with Crippen LogP contribution >= 0.6 is 0 Å². The monoisotopic (exact) mass is 395 g/mol. The lowest BCUT2D eigenvalue weighted by Crippen LogP contribution is -2.37. The molecule has 10 heteroatoms. The number of halogens is 2. The molecule has 2 N–H and O–H groups in total. The molecule has 0 unspecified atom stereocenters. The van der Waals surface area contributed by atoms with E-state index in [0.29, 0.717) is 29.6 Å². The molecule has 0 amide bonds. The number of benzene rings is 1. The van der Waals surface area contributed by atoms with Gasteiger partial charge in [-0.3, -0.25) is 9.67 Å². The van der Waals surface area contributed by atoms with E-state index in [4.69, 9.17) is 9.47 Å². The fourth-order valence-electron chi connectivity index (χ4n) is 2.75. The lowest BCUT2D eigenvalue weighted by atomic mass is 10.1. The number of aryl methyl sites for hydroxylation is 2. The highest BCUT2D eigenvalue weighted by atomic mass is 19.3. The lowest BCUT2D eigenvalue weighted by Gasteiger charge is -2.15. The molecule has 0 saturated carbocycles. The Balaban J connectivity index is 1.52. The van der Waals surface area contributed by atoms with E-state index in [9.17, 15) is 8.78 Å². The summed E-state index contributed by atoms with van der Waals surface area (Å²) < 4.78 is 42.4. The lowest BCUT2D eigenvalue weighted by molar-refractivity contribution is -0.0505. The molecule has 0 bridgehead atoms. The first-order chi connectivity index (χ1) is 13.5. The molecule has 1 aromatic carbocycles. The van der Waals surface area contributed by atoms with Crippen molar-refractivity contribution in [2.75, 3.05) is 20.4 Å². The molecule has 2 aromatic rings. The van der Waals surface area contributed by atoms with Crippen molar-refractivity contribution in [3.8, 4) is 17.2 Å². The summed E-state index contributed by atoms with van der Waals surface area (Å²) in [7, 11) is 1.64. The third kappa shape index (κ3) is 5.24. The Labute approximate surface area is 161 Å². The summed E-state index contributed by atoms with van der Waals surface area (Å²) in [6.45, 7) is 0.820. The number of aromatic nitrogens is 2. The van der Waals surface area contributed by atoms with E-state index in [-0.39, 0.29) is 19.1 Å². The van der Waals surface area contributed by atoms with Crippen LogP contribution < -0.4 is 24.8 Å². The van der Waals surface area contributed by atoms with Crippen molar-refractivity contribution < 1.29 is 23.0 Å². The first-order valence-electron chi connectivity index (χ1n) is 8.86. The van der Waals surface area contributed by atoms with Crippen molar-refractivity contribution >= 4 is 5.96 Å². The molecule has 28 heavy (non-hydrogen) atoms.